The number of fused-ring (bicyclic) bond motifs is 1. The minimum atomic E-state index is -0.119. The Hall–Kier alpha value is -4.05. The number of hydrogen-bond acceptors (Lipinski definition) is 4. The van der Waals surface area contributed by atoms with Crippen LogP contribution < -0.4 is 10.1 Å². The number of aryl methyl sites for hydroxylation is 1. The fourth-order valence-electron chi connectivity index (χ4n) is 3.08. The van der Waals surface area contributed by atoms with Crippen LogP contribution in [0.1, 0.15) is 18.1 Å². The van der Waals surface area contributed by atoms with Crippen LogP contribution in [0.4, 0.5) is 5.69 Å². The summed E-state index contributed by atoms with van der Waals surface area (Å²) < 4.78 is 9.12. The quantitative estimate of drug-likeness (QED) is 0.550. The molecule has 29 heavy (non-hydrogen) atoms. The van der Waals surface area contributed by atoms with Crippen LogP contribution in [-0.2, 0) is 11.8 Å². The Morgan fingerprint density at radius 1 is 1.10 bits per heavy atom. The van der Waals surface area contributed by atoms with Gasteiger partial charge in [-0.1, -0.05) is 17.9 Å². The standard InChI is InChI=1S/C22H19N5O2/c1-15(28)25-20-6-4-5-16(9-20)7-8-17-11-24-27-14-18(10-21(29-3)22(17)27)19-12-23-26(2)13-19/h4-6,9-14H,1-3H3,(H,25,28). The van der Waals surface area contributed by atoms with Gasteiger partial charge < -0.3 is 10.1 Å². The summed E-state index contributed by atoms with van der Waals surface area (Å²) in [6, 6.07) is 9.35. The van der Waals surface area contributed by atoms with Gasteiger partial charge in [-0.25, -0.2) is 4.52 Å². The first-order chi connectivity index (χ1) is 14.0. The third-order valence-electron chi connectivity index (χ3n) is 4.36. The van der Waals surface area contributed by atoms with E-state index in [-0.39, 0.29) is 5.91 Å². The number of ether oxygens (including phenoxy) is 1. The molecule has 0 bridgehead atoms. The lowest BCUT2D eigenvalue weighted by Crippen LogP contribution is -2.05. The summed E-state index contributed by atoms with van der Waals surface area (Å²) in [5, 5.41) is 11.4. The van der Waals surface area contributed by atoms with Gasteiger partial charge in [0, 0.05) is 48.7 Å². The van der Waals surface area contributed by atoms with Gasteiger partial charge in [-0.05, 0) is 24.3 Å². The van der Waals surface area contributed by atoms with Crippen LogP contribution in [0.5, 0.6) is 5.75 Å². The number of amides is 1. The van der Waals surface area contributed by atoms with E-state index in [9.17, 15) is 4.79 Å². The monoisotopic (exact) mass is 385 g/mol. The number of methoxy groups -OCH3 is 1. The summed E-state index contributed by atoms with van der Waals surface area (Å²) in [6.07, 6.45) is 7.38. The van der Waals surface area contributed by atoms with Gasteiger partial charge in [-0.2, -0.15) is 10.2 Å². The average molecular weight is 385 g/mol. The van der Waals surface area contributed by atoms with Crippen molar-refractivity contribution < 1.29 is 9.53 Å². The number of benzene rings is 1. The van der Waals surface area contributed by atoms with Crippen molar-refractivity contribution in [3.8, 4) is 28.7 Å². The van der Waals surface area contributed by atoms with Gasteiger partial charge in [-0.3, -0.25) is 9.48 Å². The lowest BCUT2D eigenvalue weighted by Gasteiger charge is -2.06. The minimum absolute atomic E-state index is 0.119. The van der Waals surface area contributed by atoms with E-state index in [0.29, 0.717) is 11.4 Å². The molecule has 1 amide bonds. The van der Waals surface area contributed by atoms with Crippen LogP contribution in [0.2, 0.25) is 0 Å². The molecule has 144 valence electrons. The largest absolute Gasteiger partial charge is 0.494 e. The van der Waals surface area contributed by atoms with E-state index in [2.05, 4.69) is 27.4 Å². The first kappa shape index (κ1) is 18.3. The number of anilines is 1. The lowest BCUT2D eigenvalue weighted by atomic mass is 10.1. The Kier molecular flexibility index (Phi) is 4.75. The summed E-state index contributed by atoms with van der Waals surface area (Å²) in [5.74, 6) is 6.85. The molecule has 4 rings (SSSR count). The number of nitrogens with zero attached hydrogens (tertiary/aromatic N) is 4. The lowest BCUT2D eigenvalue weighted by molar-refractivity contribution is -0.114. The summed E-state index contributed by atoms with van der Waals surface area (Å²) >= 11 is 0. The van der Waals surface area contributed by atoms with Crippen LogP contribution in [0.3, 0.4) is 0 Å². The van der Waals surface area contributed by atoms with Crippen molar-refractivity contribution in [3.05, 3.63) is 66.2 Å². The molecule has 0 radical (unpaired) electrons. The zero-order valence-corrected chi connectivity index (χ0v) is 16.3. The normalized spacial score (nSPS) is 10.4. The summed E-state index contributed by atoms with van der Waals surface area (Å²) in [4.78, 5) is 11.2. The Balaban J connectivity index is 1.73. The van der Waals surface area contributed by atoms with Crippen molar-refractivity contribution in [1.82, 2.24) is 19.4 Å². The Morgan fingerprint density at radius 3 is 2.69 bits per heavy atom. The second kappa shape index (κ2) is 7.52. The molecule has 1 N–H and O–H groups in total. The topological polar surface area (TPSA) is 73.5 Å². The van der Waals surface area contributed by atoms with Gasteiger partial charge in [0.05, 0.1) is 25.1 Å². The van der Waals surface area contributed by atoms with Gasteiger partial charge >= 0.3 is 0 Å². The van der Waals surface area contributed by atoms with Gasteiger partial charge in [0.1, 0.15) is 11.3 Å². The van der Waals surface area contributed by atoms with Crippen molar-refractivity contribution in [1.29, 1.82) is 0 Å². The third-order valence-corrected chi connectivity index (χ3v) is 4.36. The van der Waals surface area contributed by atoms with Crippen LogP contribution in [-0.4, -0.2) is 32.4 Å². The highest BCUT2D eigenvalue weighted by atomic mass is 16.5. The zero-order valence-electron chi connectivity index (χ0n) is 16.3. The van der Waals surface area contributed by atoms with Crippen LogP contribution >= 0.6 is 0 Å². The second-order valence-corrected chi connectivity index (χ2v) is 6.56. The highest BCUT2D eigenvalue weighted by molar-refractivity contribution is 5.88. The maximum absolute atomic E-state index is 11.2. The van der Waals surface area contributed by atoms with Crippen LogP contribution in [0, 0.1) is 11.8 Å². The number of aromatic nitrogens is 4. The molecule has 0 atom stereocenters. The van der Waals surface area contributed by atoms with Crippen molar-refractivity contribution in [2.45, 2.75) is 6.92 Å². The number of pyridine rings is 1. The highest BCUT2D eigenvalue weighted by Crippen LogP contribution is 2.29. The molecule has 7 heteroatoms. The van der Waals surface area contributed by atoms with E-state index in [4.69, 9.17) is 4.74 Å². The summed E-state index contributed by atoms with van der Waals surface area (Å²) in [6.45, 7) is 1.48. The molecule has 0 unspecified atom stereocenters. The molecule has 0 saturated carbocycles. The predicted molar refractivity (Wildman–Crippen MR) is 111 cm³/mol. The molecule has 0 aliphatic carbocycles. The molecule has 0 saturated heterocycles. The van der Waals surface area contributed by atoms with E-state index in [1.807, 2.05) is 49.8 Å². The van der Waals surface area contributed by atoms with Crippen molar-refractivity contribution in [2.75, 3.05) is 12.4 Å². The molecule has 3 aromatic heterocycles. The second-order valence-electron chi connectivity index (χ2n) is 6.56. The van der Waals surface area contributed by atoms with Gasteiger partial charge in [0.2, 0.25) is 5.91 Å². The Morgan fingerprint density at radius 2 is 1.97 bits per heavy atom. The SMILES string of the molecule is COc1cc(-c2cnn(C)c2)cn2ncc(C#Cc3cccc(NC(C)=O)c3)c12. The van der Waals surface area contributed by atoms with Crippen LogP contribution in [0.15, 0.2) is 55.1 Å². The summed E-state index contributed by atoms with van der Waals surface area (Å²) in [7, 11) is 3.51. The number of hydrogen-bond donors (Lipinski definition) is 1. The maximum atomic E-state index is 11.2. The zero-order chi connectivity index (χ0) is 20.4. The van der Waals surface area contributed by atoms with Crippen molar-refractivity contribution in [3.63, 3.8) is 0 Å². The molecular weight excluding hydrogens is 366 g/mol. The number of rotatable bonds is 3. The van der Waals surface area contributed by atoms with E-state index in [1.165, 1.54) is 6.92 Å². The smallest absolute Gasteiger partial charge is 0.221 e. The molecule has 4 aromatic rings. The number of carbonyl (C=O) groups is 1. The highest BCUT2D eigenvalue weighted by Gasteiger charge is 2.12. The fourth-order valence-corrected chi connectivity index (χ4v) is 3.08. The number of nitrogens with one attached hydrogen (secondary N) is 1. The fraction of sp³-hybridized carbons (Fsp3) is 0.136. The Bertz CT molecular complexity index is 1270. The Labute approximate surface area is 167 Å². The van der Waals surface area contributed by atoms with Crippen molar-refractivity contribution >= 4 is 17.1 Å². The third kappa shape index (κ3) is 3.82. The van der Waals surface area contributed by atoms with E-state index in [0.717, 1.165) is 27.8 Å². The molecule has 0 spiro atoms. The van der Waals surface area contributed by atoms with Gasteiger partial charge in [0.25, 0.3) is 0 Å². The van der Waals surface area contributed by atoms with E-state index < -0.39 is 0 Å². The van der Waals surface area contributed by atoms with Crippen molar-refractivity contribution in [2.24, 2.45) is 7.05 Å². The number of carbonyl (C=O) groups excluding carboxylic acids is 1. The molecular formula is C22H19N5O2. The first-order valence-corrected chi connectivity index (χ1v) is 8.97. The minimum Gasteiger partial charge on any atom is -0.494 e. The van der Waals surface area contributed by atoms with Gasteiger partial charge in [0.15, 0.2) is 0 Å². The predicted octanol–water partition coefficient (Wildman–Crippen LogP) is 3.10. The van der Waals surface area contributed by atoms with E-state index >= 15 is 0 Å². The van der Waals surface area contributed by atoms with Gasteiger partial charge in [-0.15, -0.1) is 0 Å². The molecule has 0 aliphatic rings. The molecule has 0 fully saturated rings. The molecule has 0 aliphatic heterocycles. The molecule has 7 nitrogen and oxygen atoms in total. The maximum Gasteiger partial charge on any atom is 0.221 e. The molecule has 3 heterocycles. The average Bonchev–Trinajstić information content (AvgIpc) is 3.31. The molecule has 1 aromatic carbocycles. The summed E-state index contributed by atoms with van der Waals surface area (Å²) in [5.41, 5.74) is 4.98. The van der Waals surface area contributed by atoms with E-state index in [1.54, 1.807) is 28.7 Å². The van der Waals surface area contributed by atoms with Crippen LogP contribution in [0.25, 0.3) is 16.6 Å². The first-order valence-electron chi connectivity index (χ1n) is 8.97.